The van der Waals surface area contributed by atoms with Crippen molar-refractivity contribution in [3.8, 4) is 5.75 Å². The van der Waals surface area contributed by atoms with Gasteiger partial charge in [-0.05, 0) is 60.0 Å². The maximum atomic E-state index is 12.7. The highest BCUT2D eigenvalue weighted by Crippen LogP contribution is 2.49. The molecular weight excluding hydrogens is 879 g/mol. The fourth-order valence-corrected chi connectivity index (χ4v) is 8.61. The van der Waals surface area contributed by atoms with Crippen LogP contribution in [0.5, 0.6) is 5.75 Å². The zero-order chi connectivity index (χ0) is 41.7. The lowest BCUT2D eigenvalue weighted by atomic mass is 10.1. The van der Waals surface area contributed by atoms with Crippen LogP contribution in [0.25, 0.3) is 10.8 Å². The number of anilines is 1. The van der Waals surface area contributed by atoms with Gasteiger partial charge in [-0.25, -0.2) is 30.5 Å². The van der Waals surface area contributed by atoms with Gasteiger partial charge in [-0.15, -0.1) is 14.6 Å². The van der Waals surface area contributed by atoms with Crippen molar-refractivity contribution >= 4 is 102 Å². The fourth-order valence-electron chi connectivity index (χ4n) is 4.43. The number of aromatic hydroxyl groups is 1. The molecule has 0 aliphatic carbocycles. The van der Waals surface area contributed by atoms with Crippen LogP contribution in [0.4, 0.5) is 28.4 Å². The zero-order valence-electron chi connectivity index (χ0n) is 27.4. The number of nitrogens with zero attached hydrogens (tertiary/aromatic N) is 4. The maximum absolute atomic E-state index is 12.7. The van der Waals surface area contributed by atoms with Crippen molar-refractivity contribution in [2.24, 2.45) is 20.5 Å². The molecule has 0 aliphatic heterocycles. The van der Waals surface area contributed by atoms with Crippen LogP contribution in [0.3, 0.4) is 0 Å². The third kappa shape index (κ3) is 11.9. The number of hydrogen-bond donors (Lipinski definition) is 6. The number of hydrogen-bond acceptors (Lipinski definition) is 22. The summed E-state index contributed by atoms with van der Waals surface area (Å²) in [5.74, 6) is -2.53. The van der Waals surface area contributed by atoms with Crippen LogP contribution in [-0.2, 0) is 68.3 Å². The van der Waals surface area contributed by atoms with Gasteiger partial charge in [0.05, 0.1) is 73.9 Å². The Morgan fingerprint density at radius 3 is 1.77 bits per heavy atom. The lowest BCUT2D eigenvalue weighted by Crippen LogP contribution is -2.15. The molecule has 0 saturated carbocycles. The van der Waals surface area contributed by atoms with Gasteiger partial charge in [-0.3, -0.25) is 13.7 Å². The first-order valence-corrected chi connectivity index (χ1v) is 22.6. The SMILES string of the molecule is Nc1c(/N=N/c2ccc(S(=O)(=O)CCOS(=O)(=O)O)cc2)c(S(=O)(=O)O)cc2cc(SOOO)c(/N=N/c3cccc(S(=O)(=O)CCOS(=O)(=O)O)c3)c(O)c12. The molecule has 0 amide bonds. The molecule has 0 saturated heterocycles. The highest BCUT2D eigenvalue weighted by Gasteiger charge is 2.26. The topological polar surface area (TPSA) is 384 Å². The van der Waals surface area contributed by atoms with Crippen molar-refractivity contribution in [1.82, 2.24) is 0 Å². The third-order valence-corrected chi connectivity index (χ3v) is 12.6. The van der Waals surface area contributed by atoms with Gasteiger partial charge in [0, 0.05) is 0 Å². The summed E-state index contributed by atoms with van der Waals surface area (Å²) < 4.78 is 158. The number of phenolic OH excluding ortho intramolecular Hbond substituents is 1. The first-order valence-electron chi connectivity index (χ1n) is 14.4. The molecule has 0 unspecified atom stereocenters. The van der Waals surface area contributed by atoms with Crippen LogP contribution >= 0.6 is 12.0 Å². The van der Waals surface area contributed by atoms with Crippen molar-refractivity contribution in [3.05, 3.63) is 60.7 Å². The molecule has 0 aromatic heterocycles. The van der Waals surface area contributed by atoms with Gasteiger partial charge >= 0.3 is 20.8 Å². The van der Waals surface area contributed by atoms with E-state index in [1.807, 2.05) is 0 Å². The summed E-state index contributed by atoms with van der Waals surface area (Å²) in [6.45, 7) is -1.80. The molecule has 304 valence electrons. The Kier molecular flexibility index (Phi) is 13.9. The molecule has 4 aromatic carbocycles. The number of benzene rings is 4. The first kappa shape index (κ1) is 44.4. The van der Waals surface area contributed by atoms with E-state index in [0.29, 0.717) is 0 Å². The van der Waals surface area contributed by atoms with Crippen LogP contribution in [0.15, 0.2) is 101 Å². The third-order valence-electron chi connectivity index (χ3n) is 6.82. The van der Waals surface area contributed by atoms with Crippen LogP contribution in [0, 0.1) is 0 Å². The van der Waals surface area contributed by atoms with Gasteiger partial charge in [0.25, 0.3) is 10.1 Å². The van der Waals surface area contributed by atoms with Gasteiger partial charge < -0.3 is 10.8 Å². The van der Waals surface area contributed by atoms with Gasteiger partial charge in [0.2, 0.25) is 0 Å². The highest BCUT2D eigenvalue weighted by atomic mass is 32.3. The summed E-state index contributed by atoms with van der Waals surface area (Å²) in [6.07, 6.45) is 0. The normalized spacial score (nSPS) is 13.3. The Hall–Kier alpha value is -4.28. The molecule has 0 aliphatic rings. The average Bonchev–Trinajstić information content (AvgIpc) is 3.08. The first-order chi connectivity index (χ1) is 25.9. The summed E-state index contributed by atoms with van der Waals surface area (Å²) in [6, 6.07) is 10.9. The second-order valence-corrected chi connectivity index (χ2v) is 19.1. The highest BCUT2D eigenvalue weighted by molar-refractivity contribution is 7.94. The van der Waals surface area contributed by atoms with E-state index >= 15 is 0 Å². The standard InChI is InChI=1S/C26H25N5O19S6/c27-23-22-15(13-21(54(38,39)40)25(23)31-28-16-4-6-18(7-5-16)52(34,35)10-8-47-55(41,42)43)12-20(51-50-49-33)24(26(22)32)30-29-17-2-1-3-19(14-17)53(36,37)11-9-48-56(44,45)46/h1-7,12-14,32-33H,8-11,27H2,(H,38,39,40)(H,41,42,43)(H,44,45,46)/b30-29+,31-28+. The molecule has 0 radical (unpaired) electrons. The smallest absolute Gasteiger partial charge is 0.397 e. The molecular formula is C26H25N5O19S6. The Balaban J connectivity index is 1.76. The fraction of sp³-hybridized carbons (Fsp3) is 0.154. The summed E-state index contributed by atoms with van der Waals surface area (Å²) >= 11 is 0.221. The van der Waals surface area contributed by atoms with E-state index in [1.165, 1.54) is 12.1 Å². The Bertz CT molecular complexity index is 2760. The number of nitrogen functional groups attached to an aromatic ring is 1. The number of azo groups is 2. The Morgan fingerprint density at radius 1 is 0.661 bits per heavy atom. The number of rotatable bonds is 18. The lowest BCUT2D eigenvalue weighted by Gasteiger charge is -2.14. The van der Waals surface area contributed by atoms with E-state index in [9.17, 15) is 51.7 Å². The minimum Gasteiger partial charge on any atom is -0.505 e. The van der Waals surface area contributed by atoms with E-state index in [2.05, 4.69) is 38.2 Å². The number of phenols is 1. The van der Waals surface area contributed by atoms with E-state index in [1.54, 1.807) is 0 Å². The molecule has 0 atom stereocenters. The molecule has 4 aromatic rings. The predicted molar refractivity (Wildman–Crippen MR) is 191 cm³/mol. The summed E-state index contributed by atoms with van der Waals surface area (Å²) in [4.78, 5) is -1.85. The lowest BCUT2D eigenvalue weighted by molar-refractivity contribution is -0.432. The van der Waals surface area contributed by atoms with Crippen LogP contribution in [-0.4, -0.2) is 90.8 Å². The van der Waals surface area contributed by atoms with Crippen molar-refractivity contribution < 1.29 is 83.8 Å². The van der Waals surface area contributed by atoms with Gasteiger partial charge in [0.15, 0.2) is 25.4 Å². The van der Waals surface area contributed by atoms with Gasteiger partial charge in [-0.1, -0.05) is 11.1 Å². The van der Waals surface area contributed by atoms with E-state index < -0.39 is 103 Å². The molecule has 0 bridgehead atoms. The Morgan fingerprint density at radius 2 is 1.21 bits per heavy atom. The van der Waals surface area contributed by atoms with Crippen LogP contribution in [0.2, 0.25) is 0 Å². The van der Waals surface area contributed by atoms with Crippen molar-refractivity contribution in [3.63, 3.8) is 0 Å². The number of sulfone groups is 2. The summed E-state index contributed by atoms with van der Waals surface area (Å²) in [5, 5.41) is 38.6. The molecule has 0 spiro atoms. The van der Waals surface area contributed by atoms with Gasteiger partial charge in [0.1, 0.15) is 16.3 Å². The van der Waals surface area contributed by atoms with E-state index in [0.717, 1.165) is 48.5 Å². The number of nitrogens with two attached hydrogens (primary N) is 1. The van der Waals surface area contributed by atoms with E-state index in [4.69, 9.17) is 20.1 Å². The molecule has 30 heteroatoms. The predicted octanol–water partition coefficient (Wildman–Crippen LogP) is 3.82. The minimum absolute atomic E-state index is 0.0965. The second-order valence-electron chi connectivity index (χ2n) is 10.5. The molecule has 24 nitrogen and oxygen atoms in total. The van der Waals surface area contributed by atoms with Crippen molar-refractivity contribution in [2.75, 3.05) is 30.5 Å². The van der Waals surface area contributed by atoms with Crippen molar-refractivity contribution in [1.29, 1.82) is 0 Å². The minimum atomic E-state index is -5.14. The Labute approximate surface area is 321 Å². The maximum Gasteiger partial charge on any atom is 0.397 e. The molecule has 4 rings (SSSR count). The van der Waals surface area contributed by atoms with Crippen molar-refractivity contribution in [2.45, 2.75) is 19.6 Å². The monoisotopic (exact) mass is 903 g/mol. The summed E-state index contributed by atoms with van der Waals surface area (Å²) in [5.41, 5.74) is 4.20. The molecule has 0 heterocycles. The average molecular weight is 904 g/mol. The summed E-state index contributed by atoms with van der Waals surface area (Å²) in [7, 11) is -23.3. The largest absolute Gasteiger partial charge is 0.505 e. The quantitative estimate of drug-likeness (QED) is 0.0206. The molecule has 0 fully saturated rings. The van der Waals surface area contributed by atoms with Crippen LogP contribution < -0.4 is 5.73 Å². The zero-order valence-corrected chi connectivity index (χ0v) is 32.3. The number of fused-ring (bicyclic) bond motifs is 1. The second kappa shape index (κ2) is 17.5. The molecule has 56 heavy (non-hydrogen) atoms. The van der Waals surface area contributed by atoms with E-state index in [-0.39, 0.29) is 48.9 Å². The van der Waals surface area contributed by atoms with Gasteiger partial charge in [-0.2, -0.15) is 35.5 Å². The van der Waals surface area contributed by atoms with Crippen LogP contribution in [0.1, 0.15) is 0 Å². The molecule has 7 N–H and O–H groups in total.